The first-order valence-electron chi connectivity index (χ1n) is 31.0. The predicted octanol–water partition coefficient (Wildman–Crippen LogP) is 6.11. The molecule has 3 aliphatic carbocycles. The van der Waals surface area contributed by atoms with Crippen molar-refractivity contribution in [2.75, 3.05) is 79.2 Å². The molecule has 3 aromatic rings. The van der Waals surface area contributed by atoms with Gasteiger partial charge in [-0.2, -0.15) is 13.2 Å². The number of hydrogen-bond donors (Lipinski definition) is 3. The number of cyclic esters (lactones) is 1. The molecule has 20 heteroatoms. The molecule has 6 bridgehead atoms. The first kappa shape index (κ1) is 56.9. The van der Waals surface area contributed by atoms with Crippen LogP contribution in [0.4, 0.5) is 13.2 Å². The highest BCUT2D eigenvalue weighted by atomic mass is 19.4. The van der Waals surface area contributed by atoms with Gasteiger partial charge in [0.05, 0.1) is 49.8 Å². The minimum atomic E-state index is -4.58. The average molecular weight is 1150 g/mol. The quantitative estimate of drug-likeness (QED) is 0.141. The third-order valence-electron chi connectivity index (χ3n) is 19.9. The molecule has 2 aromatic carbocycles. The molecule has 448 valence electrons. The van der Waals surface area contributed by atoms with Gasteiger partial charge in [0.1, 0.15) is 30.3 Å². The molecule has 5 saturated heterocycles. The van der Waals surface area contributed by atoms with E-state index in [4.69, 9.17) is 19.2 Å². The summed E-state index contributed by atoms with van der Waals surface area (Å²) in [5.41, 5.74) is 7.13. The molecule has 7 atom stereocenters. The van der Waals surface area contributed by atoms with E-state index < -0.39 is 53.9 Å². The van der Waals surface area contributed by atoms with Gasteiger partial charge in [0.15, 0.2) is 0 Å². The number of likely N-dealkylation sites (tertiary alicyclic amines) is 1. The van der Waals surface area contributed by atoms with Crippen molar-refractivity contribution in [2.24, 2.45) is 22.2 Å². The maximum atomic E-state index is 15.3. The standard InChI is InChI=1S/C63H83F3N10O7/c1-38(81-4)52-47(30-45(32-67-52)72-23-21-71(22-24-72)44-17-18-44)56-48-31-61(2,3)37-82-60(80)49-13-8-20-76(70-49)58(78)50(28-39-9-7-12-42(27-39)43-16-19-51(46(48)29-43)75(56)36-63(64,65)66)68-57(77)55(41-10-5-6-11-41)73-25-26-83-62(33-73)34-74(35-62)59(79)54-53(69-54)40-14-15-40/h7,9,12,16,19,27,29,32,38,40-41,44-45,49-50,53-55,69-70H,5-6,8,10-11,13-15,17-18,20-26,28,30-31,33-37H2,1-4H3,(H,68,77)/t38-,45+,49-,50-,53+,54+,55-/m0/s1. The van der Waals surface area contributed by atoms with Gasteiger partial charge < -0.3 is 29.0 Å². The van der Waals surface area contributed by atoms with Crippen LogP contribution >= 0.6 is 0 Å². The highest BCUT2D eigenvalue weighted by Gasteiger charge is 2.58. The molecular formula is C63H83F3N10O7. The van der Waals surface area contributed by atoms with Crippen molar-refractivity contribution in [3.8, 4) is 11.1 Å². The number of amides is 3. The number of methoxy groups -OCH3 is 1. The molecule has 10 aliphatic rings. The summed E-state index contributed by atoms with van der Waals surface area (Å²) in [5.74, 6) is -0.338. The van der Waals surface area contributed by atoms with Gasteiger partial charge >= 0.3 is 12.1 Å². The summed E-state index contributed by atoms with van der Waals surface area (Å²) in [7, 11) is 1.60. The molecule has 1 spiro atoms. The van der Waals surface area contributed by atoms with E-state index in [9.17, 15) is 9.59 Å². The fourth-order valence-corrected chi connectivity index (χ4v) is 15.1. The lowest BCUT2D eigenvalue weighted by atomic mass is 9.83. The Morgan fingerprint density at radius 3 is 2.39 bits per heavy atom. The lowest BCUT2D eigenvalue weighted by Crippen LogP contribution is -2.73. The maximum absolute atomic E-state index is 15.3. The van der Waals surface area contributed by atoms with Crippen LogP contribution in [-0.2, 0) is 52.8 Å². The molecule has 3 saturated carbocycles. The van der Waals surface area contributed by atoms with Gasteiger partial charge in [-0.1, -0.05) is 57.0 Å². The van der Waals surface area contributed by atoms with E-state index in [1.807, 2.05) is 68.3 Å². The number of nitrogens with zero attached hydrogens (tertiary/aromatic N) is 7. The lowest BCUT2D eigenvalue weighted by molar-refractivity contribution is -0.197. The van der Waals surface area contributed by atoms with E-state index >= 15 is 22.8 Å². The Bertz CT molecular complexity index is 3040. The van der Waals surface area contributed by atoms with Crippen LogP contribution < -0.4 is 16.1 Å². The minimum absolute atomic E-state index is 0.0471. The Morgan fingerprint density at radius 1 is 0.892 bits per heavy atom. The molecule has 7 aliphatic heterocycles. The fraction of sp³-hybridized carbons (Fsp3) is 0.667. The first-order valence-corrected chi connectivity index (χ1v) is 31.0. The van der Waals surface area contributed by atoms with Crippen molar-refractivity contribution in [2.45, 2.75) is 171 Å². The molecule has 17 nitrogen and oxygen atoms in total. The largest absolute Gasteiger partial charge is 0.464 e. The number of aromatic nitrogens is 1. The summed E-state index contributed by atoms with van der Waals surface area (Å²) in [4.78, 5) is 72.4. The Labute approximate surface area is 485 Å². The minimum Gasteiger partial charge on any atom is -0.464 e. The number of morpholine rings is 1. The molecular weight excluding hydrogens is 1070 g/mol. The second kappa shape index (κ2) is 22.6. The molecule has 0 unspecified atom stereocenters. The van der Waals surface area contributed by atoms with E-state index in [0.29, 0.717) is 104 Å². The number of nitrogens with one attached hydrogen (secondary N) is 3. The number of esters is 1. The second-order valence-electron chi connectivity index (χ2n) is 26.8. The van der Waals surface area contributed by atoms with Crippen molar-refractivity contribution in [3.63, 3.8) is 0 Å². The molecule has 8 heterocycles. The van der Waals surface area contributed by atoms with Crippen molar-refractivity contribution < 1.29 is 46.6 Å². The molecule has 0 radical (unpaired) electrons. The SMILES string of the molecule is CO[C@@H](C)C1=C(c2c3c4cc(ccc4n2CC(F)(F)F)-c2cccc(c2)C[C@H](NC(=O)[C@H](C2CCCC2)N2CCOC4(CN(C(=O)[C@@H]5N[C@@H]5C5CC5)C4)C2)C(=O)N2CCC[C@H](N2)C(=O)OCC(C)(C)C3)C[C@@H](N2CCN(C3CC3)CC2)C=N1. The van der Waals surface area contributed by atoms with Crippen LogP contribution in [0.2, 0.25) is 0 Å². The molecule has 13 rings (SSSR count). The fourth-order valence-electron chi connectivity index (χ4n) is 15.1. The predicted molar refractivity (Wildman–Crippen MR) is 308 cm³/mol. The number of hydrazine groups is 1. The number of carbonyl (C=O) groups is 4. The van der Waals surface area contributed by atoms with Gasteiger partial charge in [-0.3, -0.25) is 49.2 Å². The monoisotopic (exact) mass is 1150 g/mol. The highest BCUT2D eigenvalue weighted by Crippen LogP contribution is 2.45. The Morgan fingerprint density at radius 2 is 1.65 bits per heavy atom. The van der Waals surface area contributed by atoms with Crippen LogP contribution in [0, 0.1) is 17.3 Å². The van der Waals surface area contributed by atoms with Gasteiger partial charge in [-0.05, 0) is 117 Å². The molecule has 83 heavy (non-hydrogen) atoms. The number of fused-ring (bicyclic) bond motifs is 6. The summed E-state index contributed by atoms with van der Waals surface area (Å²) in [6, 6.07) is 11.8. The van der Waals surface area contributed by atoms with E-state index in [1.165, 1.54) is 35.3 Å². The number of carbonyl (C=O) groups excluding carboxylic acids is 4. The Hall–Kier alpha value is -5.22. The number of alkyl halides is 3. The van der Waals surface area contributed by atoms with Crippen LogP contribution in [0.3, 0.4) is 0 Å². The van der Waals surface area contributed by atoms with Gasteiger partial charge in [-0.15, -0.1) is 0 Å². The summed E-state index contributed by atoms with van der Waals surface area (Å²) >= 11 is 0. The zero-order valence-corrected chi connectivity index (χ0v) is 48.7. The number of piperazine rings is 1. The van der Waals surface area contributed by atoms with Gasteiger partial charge in [0, 0.05) is 106 Å². The third-order valence-corrected chi connectivity index (χ3v) is 19.9. The van der Waals surface area contributed by atoms with Crippen LogP contribution in [0.15, 0.2) is 53.2 Å². The summed E-state index contributed by atoms with van der Waals surface area (Å²) < 4.78 is 65.8. The van der Waals surface area contributed by atoms with E-state index in [-0.39, 0.29) is 61.2 Å². The van der Waals surface area contributed by atoms with E-state index in [0.717, 1.165) is 68.6 Å². The first-order chi connectivity index (χ1) is 39.9. The third kappa shape index (κ3) is 11.9. The summed E-state index contributed by atoms with van der Waals surface area (Å²) in [5, 5.41) is 8.83. The lowest BCUT2D eigenvalue weighted by Gasteiger charge is -2.55. The van der Waals surface area contributed by atoms with Gasteiger partial charge in [0.25, 0.3) is 5.91 Å². The van der Waals surface area contributed by atoms with Crippen LogP contribution in [0.1, 0.15) is 108 Å². The van der Waals surface area contributed by atoms with Gasteiger partial charge in [-0.25, -0.2) is 5.43 Å². The zero-order chi connectivity index (χ0) is 57.5. The van der Waals surface area contributed by atoms with Crippen LogP contribution in [0.5, 0.6) is 0 Å². The number of hydrogen-bond acceptors (Lipinski definition) is 13. The Balaban J connectivity index is 0.843. The Kier molecular flexibility index (Phi) is 15.5. The molecule has 3 amide bonds. The maximum Gasteiger partial charge on any atom is 0.406 e. The number of benzene rings is 2. The molecule has 1 aromatic heterocycles. The smallest absolute Gasteiger partial charge is 0.406 e. The molecule has 3 N–H and O–H groups in total. The normalized spacial score (nSPS) is 29.2. The van der Waals surface area contributed by atoms with Crippen molar-refractivity contribution >= 4 is 46.4 Å². The summed E-state index contributed by atoms with van der Waals surface area (Å²) in [6.45, 7) is 10.8. The highest BCUT2D eigenvalue weighted by molar-refractivity contribution is 5.96. The zero-order valence-electron chi connectivity index (χ0n) is 48.7. The topological polar surface area (TPSA) is 175 Å². The number of rotatable bonds is 12. The second-order valence-corrected chi connectivity index (χ2v) is 26.8. The van der Waals surface area contributed by atoms with Crippen LogP contribution in [0.25, 0.3) is 27.6 Å². The number of halogens is 3. The van der Waals surface area contributed by atoms with E-state index in [2.05, 4.69) is 30.8 Å². The van der Waals surface area contributed by atoms with E-state index in [1.54, 1.807) is 13.2 Å². The van der Waals surface area contributed by atoms with Crippen LogP contribution in [-0.4, -0.2) is 198 Å². The number of aliphatic imine (C=N–C) groups is 1. The average Bonchev–Trinajstić information content (AvgIpc) is 3.49. The van der Waals surface area contributed by atoms with Crippen molar-refractivity contribution in [1.82, 2.24) is 45.2 Å². The van der Waals surface area contributed by atoms with Crippen molar-refractivity contribution in [1.29, 1.82) is 0 Å². The number of ether oxygens (including phenoxy) is 3. The van der Waals surface area contributed by atoms with Crippen molar-refractivity contribution in [3.05, 3.63) is 65.0 Å². The molecule has 8 fully saturated rings. The van der Waals surface area contributed by atoms with Gasteiger partial charge in [0.2, 0.25) is 11.8 Å². The summed E-state index contributed by atoms with van der Waals surface area (Å²) in [6.07, 6.45) is 7.19.